The Morgan fingerprint density at radius 1 is 1.29 bits per heavy atom. The van der Waals surface area contributed by atoms with Gasteiger partial charge in [-0.25, -0.2) is 8.78 Å². The van der Waals surface area contributed by atoms with E-state index in [-0.39, 0.29) is 5.56 Å². The van der Waals surface area contributed by atoms with Gasteiger partial charge >= 0.3 is 0 Å². The first-order valence-corrected chi connectivity index (χ1v) is 5.74. The lowest BCUT2D eigenvalue weighted by Crippen LogP contribution is -1.89. The smallest absolute Gasteiger partial charge is 0.263 e. The van der Waals surface area contributed by atoms with Crippen LogP contribution in [0.5, 0.6) is 0 Å². The molecule has 0 saturated carbocycles. The highest BCUT2D eigenvalue weighted by Crippen LogP contribution is 2.34. The third kappa shape index (κ3) is 1.70. The molecule has 1 aromatic carbocycles. The van der Waals surface area contributed by atoms with Crippen LogP contribution in [0.4, 0.5) is 14.5 Å². The Labute approximate surface area is 97.1 Å². The molecule has 0 bridgehead atoms. The quantitative estimate of drug-likeness (QED) is 0.622. The van der Waals surface area contributed by atoms with E-state index in [1.54, 1.807) is 0 Å². The molecule has 0 amide bonds. The Bertz CT molecular complexity index is 481. The van der Waals surface area contributed by atoms with Crippen molar-refractivity contribution in [2.24, 2.45) is 0 Å². The molecule has 5 heteroatoms. The SMILES string of the molecule is Nc1cc(C(F)F)cc2sc(I)cc12. The lowest BCUT2D eigenvalue weighted by atomic mass is 10.1. The molecule has 0 radical (unpaired) electrons. The largest absolute Gasteiger partial charge is 0.398 e. The maximum atomic E-state index is 12.4. The number of alkyl halides is 2. The number of nitrogen functional groups attached to an aromatic ring is 1. The van der Waals surface area contributed by atoms with Crippen LogP contribution < -0.4 is 5.73 Å². The number of anilines is 1. The van der Waals surface area contributed by atoms with Crippen LogP contribution in [0.2, 0.25) is 0 Å². The monoisotopic (exact) mass is 325 g/mol. The molecule has 1 nitrogen and oxygen atoms in total. The van der Waals surface area contributed by atoms with Gasteiger partial charge in [0.1, 0.15) is 0 Å². The van der Waals surface area contributed by atoms with Gasteiger partial charge in [-0.05, 0) is 40.8 Å². The van der Waals surface area contributed by atoms with Crippen molar-refractivity contribution < 1.29 is 8.78 Å². The number of nitrogens with two attached hydrogens (primary N) is 1. The zero-order valence-corrected chi connectivity index (χ0v) is 9.90. The van der Waals surface area contributed by atoms with Crippen LogP contribution in [0.1, 0.15) is 12.0 Å². The molecule has 14 heavy (non-hydrogen) atoms. The van der Waals surface area contributed by atoms with Crippen molar-refractivity contribution in [2.45, 2.75) is 6.43 Å². The minimum Gasteiger partial charge on any atom is -0.398 e. The Balaban J connectivity index is 2.71. The van der Waals surface area contributed by atoms with E-state index in [0.29, 0.717) is 5.69 Å². The van der Waals surface area contributed by atoms with Crippen LogP contribution in [0.15, 0.2) is 18.2 Å². The van der Waals surface area contributed by atoms with Crippen LogP contribution in [0, 0.1) is 2.88 Å². The number of benzene rings is 1. The maximum absolute atomic E-state index is 12.4. The van der Waals surface area contributed by atoms with Gasteiger partial charge in [0.25, 0.3) is 6.43 Å². The number of hydrogen-bond acceptors (Lipinski definition) is 2. The topological polar surface area (TPSA) is 26.0 Å². The number of rotatable bonds is 1. The predicted octanol–water partition coefficient (Wildman–Crippen LogP) is 4.03. The number of fused-ring (bicyclic) bond motifs is 1. The molecule has 2 rings (SSSR count). The first-order chi connectivity index (χ1) is 6.58. The van der Waals surface area contributed by atoms with Gasteiger partial charge < -0.3 is 5.73 Å². The fourth-order valence-corrected chi connectivity index (χ4v) is 3.17. The molecule has 1 heterocycles. The fourth-order valence-electron chi connectivity index (χ4n) is 1.28. The van der Waals surface area contributed by atoms with Gasteiger partial charge in [-0.2, -0.15) is 0 Å². The highest BCUT2D eigenvalue weighted by Gasteiger charge is 2.11. The predicted molar refractivity (Wildman–Crippen MR) is 63.9 cm³/mol. The summed E-state index contributed by atoms with van der Waals surface area (Å²) >= 11 is 3.63. The van der Waals surface area contributed by atoms with E-state index in [1.807, 2.05) is 6.07 Å². The summed E-state index contributed by atoms with van der Waals surface area (Å²) in [6, 6.07) is 4.75. The van der Waals surface area contributed by atoms with Gasteiger partial charge in [0.2, 0.25) is 0 Å². The van der Waals surface area contributed by atoms with Crippen LogP contribution in [-0.4, -0.2) is 0 Å². The van der Waals surface area contributed by atoms with Crippen molar-refractivity contribution in [1.29, 1.82) is 0 Å². The summed E-state index contributed by atoms with van der Waals surface area (Å²) in [7, 11) is 0. The van der Waals surface area contributed by atoms with Gasteiger partial charge in [0.15, 0.2) is 0 Å². The Hall–Kier alpha value is -0.430. The average Bonchev–Trinajstić information content (AvgIpc) is 2.45. The van der Waals surface area contributed by atoms with E-state index < -0.39 is 6.43 Å². The second kappa shape index (κ2) is 3.62. The molecule has 0 fully saturated rings. The van der Waals surface area contributed by atoms with E-state index in [2.05, 4.69) is 22.6 Å². The van der Waals surface area contributed by atoms with E-state index in [1.165, 1.54) is 23.5 Å². The molecule has 74 valence electrons. The normalized spacial score (nSPS) is 11.4. The highest BCUT2D eigenvalue weighted by molar-refractivity contribution is 14.1. The number of thiophene rings is 1. The molecule has 2 N–H and O–H groups in total. The summed E-state index contributed by atoms with van der Waals surface area (Å²) in [5.74, 6) is 0. The van der Waals surface area contributed by atoms with E-state index in [9.17, 15) is 8.78 Å². The molecule has 0 saturated heterocycles. The van der Waals surface area contributed by atoms with Crippen molar-refractivity contribution in [1.82, 2.24) is 0 Å². The van der Waals surface area contributed by atoms with Gasteiger partial charge in [0, 0.05) is 21.3 Å². The third-order valence-corrected chi connectivity index (χ3v) is 3.76. The Morgan fingerprint density at radius 2 is 2.00 bits per heavy atom. The molecule has 0 unspecified atom stereocenters. The van der Waals surface area contributed by atoms with E-state index >= 15 is 0 Å². The summed E-state index contributed by atoms with van der Waals surface area (Å²) in [6.45, 7) is 0. The average molecular weight is 325 g/mol. The minimum atomic E-state index is -2.46. The van der Waals surface area contributed by atoms with Crippen LogP contribution >= 0.6 is 33.9 Å². The summed E-state index contributed by atoms with van der Waals surface area (Å²) in [5.41, 5.74) is 6.10. The molecule has 0 aliphatic heterocycles. The molecule has 0 spiro atoms. The van der Waals surface area contributed by atoms with Crippen LogP contribution in [-0.2, 0) is 0 Å². The van der Waals surface area contributed by atoms with Gasteiger partial charge in [-0.1, -0.05) is 0 Å². The van der Waals surface area contributed by atoms with Crippen molar-refractivity contribution >= 4 is 49.7 Å². The lowest BCUT2D eigenvalue weighted by molar-refractivity contribution is 0.151. The molecular formula is C9H6F2INS. The molecule has 0 aliphatic carbocycles. The summed E-state index contributed by atoms with van der Waals surface area (Å²) in [6.07, 6.45) is -2.46. The van der Waals surface area contributed by atoms with Crippen molar-refractivity contribution in [3.05, 3.63) is 26.6 Å². The standard InChI is InChI=1S/C9H6F2INS/c10-9(11)4-1-6(13)5-3-8(12)14-7(5)2-4/h1-3,9H,13H2. The minimum absolute atomic E-state index is 0.00625. The zero-order valence-electron chi connectivity index (χ0n) is 6.93. The van der Waals surface area contributed by atoms with Gasteiger partial charge in [0.05, 0.1) is 2.88 Å². The number of hydrogen-bond donors (Lipinski definition) is 1. The van der Waals surface area contributed by atoms with Crippen molar-refractivity contribution in [3.63, 3.8) is 0 Å². The second-order valence-electron chi connectivity index (χ2n) is 2.87. The Morgan fingerprint density at radius 3 is 2.64 bits per heavy atom. The van der Waals surface area contributed by atoms with Crippen molar-refractivity contribution in [3.8, 4) is 0 Å². The first kappa shape index (κ1) is 10.1. The summed E-state index contributed by atoms with van der Waals surface area (Å²) < 4.78 is 26.7. The van der Waals surface area contributed by atoms with E-state index in [0.717, 1.165) is 13.0 Å². The molecule has 0 aliphatic rings. The fraction of sp³-hybridized carbons (Fsp3) is 0.111. The first-order valence-electron chi connectivity index (χ1n) is 3.84. The highest BCUT2D eigenvalue weighted by atomic mass is 127. The molecular weight excluding hydrogens is 319 g/mol. The lowest BCUT2D eigenvalue weighted by Gasteiger charge is -2.02. The van der Waals surface area contributed by atoms with Crippen LogP contribution in [0.25, 0.3) is 10.1 Å². The van der Waals surface area contributed by atoms with E-state index in [4.69, 9.17) is 5.73 Å². The zero-order chi connectivity index (χ0) is 10.3. The molecule has 1 aromatic heterocycles. The number of halogens is 3. The molecule has 2 aromatic rings. The molecule has 0 atom stereocenters. The Kier molecular flexibility index (Phi) is 2.61. The van der Waals surface area contributed by atoms with Gasteiger partial charge in [-0.15, -0.1) is 11.3 Å². The summed E-state index contributed by atoms with van der Waals surface area (Å²) in [5, 5.41) is 0.865. The second-order valence-corrected chi connectivity index (χ2v) is 5.85. The summed E-state index contributed by atoms with van der Waals surface area (Å²) in [4.78, 5) is 0. The van der Waals surface area contributed by atoms with Gasteiger partial charge in [-0.3, -0.25) is 0 Å². The maximum Gasteiger partial charge on any atom is 0.263 e. The third-order valence-electron chi connectivity index (χ3n) is 1.91. The van der Waals surface area contributed by atoms with Crippen LogP contribution in [0.3, 0.4) is 0 Å². The van der Waals surface area contributed by atoms with Crippen molar-refractivity contribution in [2.75, 3.05) is 5.73 Å².